The van der Waals surface area contributed by atoms with Crippen molar-refractivity contribution in [3.8, 4) is 0 Å². The highest BCUT2D eigenvalue weighted by atomic mass is 35.5. The molecular formula is C9H7Cl2NO. The zero-order valence-corrected chi connectivity index (χ0v) is 8.27. The van der Waals surface area contributed by atoms with Crippen LogP contribution in [0.15, 0.2) is 12.3 Å². The van der Waals surface area contributed by atoms with Gasteiger partial charge >= 0.3 is 0 Å². The molecule has 0 spiro atoms. The molecule has 68 valence electrons. The van der Waals surface area contributed by atoms with E-state index in [9.17, 15) is 4.79 Å². The van der Waals surface area contributed by atoms with Gasteiger partial charge in [0.1, 0.15) is 5.69 Å². The van der Waals surface area contributed by atoms with E-state index in [4.69, 9.17) is 23.2 Å². The molecular weight excluding hydrogens is 209 g/mol. The van der Waals surface area contributed by atoms with E-state index < -0.39 is 0 Å². The third-order valence-electron chi connectivity index (χ3n) is 1.99. The lowest BCUT2D eigenvalue weighted by atomic mass is 10.2. The Hall–Kier alpha value is -0.600. The monoisotopic (exact) mass is 215 g/mol. The summed E-state index contributed by atoms with van der Waals surface area (Å²) in [6.45, 7) is 0. The summed E-state index contributed by atoms with van der Waals surface area (Å²) < 4.78 is 0. The third kappa shape index (κ3) is 1.84. The predicted molar refractivity (Wildman–Crippen MR) is 51.3 cm³/mol. The van der Waals surface area contributed by atoms with E-state index in [-0.39, 0.29) is 11.7 Å². The van der Waals surface area contributed by atoms with E-state index in [0.717, 1.165) is 12.8 Å². The minimum atomic E-state index is 0.0432. The summed E-state index contributed by atoms with van der Waals surface area (Å²) in [5.41, 5.74) is 0.355. The first-order valence-corrected chi connectivity index (χ1v) is 4.79. The fourth-order valence-corrected chi connectivity index (χ4v) is 1.61. The molecule has 2 nitrogen and oxygen atoms in total. The van der Waals surface area contributed by atoms with Gasteiger partial charge in [0.25, 0.3) is 0 Å². The highest BCUT2D eigenvalue weighted by molar-refractivity contribution is 6.36. The Morgan fingerprint density at radius 3 is 2.69 bits per heavy atom. The number of hydrogen-bond donors (Lipinski definition) is 0. The van der Waals surface area contributed by atoms with E-state index >= 15 is 0 Å². The van der Waals surface area contributed by atoms with Crippen molar-refractivity contribution in [2.24, 2.45) is 5.92 Å². The molecule has 13 heavy (non-hydrogen) atoms. The van der Waals surface area contributed by atoms with Gasteiger partial charge in [0.2, 0.25) is 0 Å². The van der Waals surface area contributed by atoms with Gasteiger partial charge in [0.15, 0.2) is 5.78 Å². The molecule has 4 heteroatoms. The lowest BCUT2D eigenvalue weighted by molar-refractivity contribution is 0.0963. The fourth-order valence-electron chi connectivity index (χ4n) is 1.13. The van der Waals surface area contributed by atoms with Crippen molar-refractivity contribution in [2.75, 3.05) is 0 Å². The standard InChI is InChI=1S/C9H7Cl2NO/c10-6-3-7(11)8(12-4-6)9(13)5-1-2-5/h3-5H,1-2H2. The topological polar surface area (TPSA) is 30.0 Å². The Morgan fingerprint density at radius 1 is 1.46 bits per heavy atom. The maximum Gasteiger partial charge on any atom is 0.185 e. The van der Waals surface area contributed by atoms with Crippen LogP contribution in [0.5, 0.6) is 0 Å². The van der Waals surface area contributed by atoms with Crippen LogP contribution >= 0.6 is 23.2 Å². The van der Waals surface area contributed by atoms with Gasteiger partial charge in [0, 0.05) is 12.1 Å². The van der Waals surface area contributed by atoms with Crippen molar-refractivity contribution in [2.45, 2.75) is 12.8 Å². The Morgan fingerprint density at radius 2 is 2.15 bits per heavy atom. The van der Waals surface area contributed by atoms with Crippen LogP contribution in [-0.2, 0) is 0 Å². The first-order valence-electron chi connectivity index (χ1n) is 4.04. The molecule has 1 heterocycles. The summed E-state index contributed by atoms with van der Waals surface area (Å²) in [5, 5.41) is 0.807. The van der Waals surface area contributed by atoms with Crippen LogP contribution < -0.4 is 0 Å². The summed E-state index contributed by atoms with van der Waals surface area (Å²) >= 11 is 11.5. The summed E-state index contributed by atoms with van der Waals surface area (Å²) in [5.74, 6) is 0.188. The third-order valence-corrected chi connectivity index (χ3v) is 2.48. The van der Waals surface area contributed by atoms with Gasteiger partial charge in [-0.15, -0.1) is 0 Å². The van der Waals surface area contributed by atoms with Crippen LogP contribution in [0.2, 0.25) is 10.0 Å². The molecule has 1 saturated carbocycles. The number of Topliss-reactive ketones (excluding diaryl/α,β-unsaturated/α-hetero) is 1. The number of carbonyl (C=O) groups is 1. The average Bonchev–Trinajstić information content (AvgIpc) is 2.85. The van der Waals surface area contributed by atoms with Gasteiger partial charge in [-0.25, -0.2) is 4.98 Å². The molecule has 1 fully saturated rings. The lowest BCUT2D eigenvalue weighted by Gasteiger charge is -2.00. The first-order chi connectivity index (χ1) is 6.18. The van der Waals surface area contributed by atoms with Crippen LogP contribution in [-0.4, -0.2) is 10.8 Å². The molecule has 2 rings (SSSR count). The average molecular weight is 216 g/mol. The highest BCUT2D eigenvalue weighted by Gasteiger charge is 2.32. The van der Waals surface area contributed by atoms with Crippen molar-refractivity contribution >= 4 is 29.0 Å². The number of carbonyl (C=O) groups excluding carboxylic acids is 1. The van der Waals surface area contributed by atoms with Crippen molar-refractivity contribution < 1.29 is 4.79 Å². The maximum absolute atomic E-state index is 11.5. The second kappa shape index (κ2) is 3.28. The van der Waals surface area contributed by atoms with Crippen molar-refractivity contribution in [3.63, 3.8) is 0 Å². The van der Waals surface area contributed by atoms with E-state index in [1.165, 1.54) is 6.20 Å². The fraction of sp³-hybridized carbons (Fsp3) is 0.333. The van der Waals surface area contributed by atoms with Gasteiger partial charge in [-0.05, 0) is 18.9 Å². The van der Waals surface area contributed by atoms with Crippen LogP contribution in [0.3, 0.4) is 0 Å². The van der Waals surface area contributed by atoms with Crippen LogP contribution in [0.4, 0.5) is 0 Å². The summed E-state index contributed by atoms with van der Waals surface area (Å²) in [6, 6.07) is 1.55. The normalized spacial score (nSPS) is 15.8. The van der Waals surface area contributed by atoms with Crippen LogP contribution in [0.25, 0.3) is 0 Å². The van der Waals surface area contributed by atoms with Crippen LogP contribution in [0, 0.1) is 5.92 Å². The van der Waals surface area contributed by atoms with Crippen molar-refractivity contribution in [1.29, 1.82) is 0 Å². The molecule has 1 aliphatic carbocycles. The quantitative estimate of drug-likeness (QED) is 0.711. The molecule has 1 aromatic rings. The Kier molecular flexibility index (Phi) is 2.26. The summed E-state index contributed by atoms with van der Waals surface area (Å²) in [7, 11) is 0. The second-order valence-corrected chi connectivity index (χ2v) is 3.97. The number of halogens is 2. The smallest absolute Gasteiger partial charge is 0.185 e. The molecule has 0 bridgehead atoms. The molecule has 0 aromatic carbocycles. The van der Waals surface area contributed by atoms with Crippen molar-refractivity contribution in [1.82, 2.24) is 4.98 Å². The number of ketones is 1. The second-order valence-electron chi connectivity index (χ2n) is 3.12. The van der Waals surface area contributed by atoms with Gasteiger partial charge in [-0.1, -0.05) is 23.2 Å². The van der Waals surface area contributed by atoms with Gasteiger partial charge in [0.05, 0.1) is 10.0 Å². The maximum atomic E-state index is 11.5. The zero-order chi connectivity index (χ0) is 9.42. The van der Waals surface area contributed by atoms with Gasteiger partial charge in [-0.2, -0.15) is 0 Å². The molecule has 0 unspecified atom stereocenters. The number of rotatable bonds is 2. The molecule has 0 radical (unpaired) electrons. The van der Waals surface area contributed by atoms with E-state index in [1.54, 1.807) is 6.07 Å². The lowest BCUT2D eigenvalue weighted by Crippen LogP contribution is -2.04. The molecule has 0 atom stereocenters. The molecule has 0 N–H and O–H groups in total. The number of pyridine rings is 1. The Bertz CT molecular complexity index is 361. The minimum absolute atomic E-state index is 0.0432. The van der Waals surface area contributed by atoms with E-state index in [0.29, 0.717) is 15.7 Å². The van der Waals surface area contributed by atoms with Gasteiger partial charge < -0.3 is 0 Å². The molecule has 0 saturated heterocycles. The highest BCUT2D eigenvalue weighted by Crippen LogP contribution is 2.34. The molecule has 1 aliphatic rings. The van der Waals surface area contributed by atoms with E-state index in [2.05, 4.69) is 4.98 Å². The number of nitrogens with zero attached hydrogens (tertiary/aromatic N) is 1. The predicted octanol–water partition coefficient (Wildman–Crippen LogP) is 2.98. The zero-order valence-electron chi connectivity index (χ0n) is 6.76. The van der Waals surface area contributed by atoms with Gasteiger partial charge in [-0.3, -0.25) is 4.79 Å². The number of hydrogen-bond acceptors (Lipinski definition) is 2. The molecule has 0 aliphatic heterocycles. The SMILES string of the molecule is O=C(c1ncc(Cl)cc1Cl)C1CC1. The van der Waals surface area contributed by atoms with Crippen molar-refractivity contribution in [3.05, 3.63) is 28.0 Å². The van der Waals surface area contributed by atoms with Crippen LogP contribution in [0.1, 0.15) is 23.3 Å². The Labute approximate surface area is 85.9 Å². The summed E-state index contributed by atoms with van der Waals surface area (Å²) in [4.78, 5) is 15.5. The minimum Gasteiger partial charge on any atom is -0.292 e. The summed E-state index contributed by atoms with van der Waals surface area (Å²) in [6.07, 6.45) is 3.36. The number of aromatic nitrogens is 1. The Balaban J connectivity index is 2.33. The first kappa shape index (κ1) is 8.97. The molecule has 1 aromatic heterocycles. The largest absolute Gasteiger partial charge is 0.292 e. The molecule has 0 amide bonds. The van der Waals surface area contributed by atoms with E-state index in [1.807, 2.05) is 0 Å².